The van der Waals surface area contributed by atoms with Gasteiger partial charge in [-0.15, -0.1) is 0 Å². The molecule has 4 rings (SSSR count). The summed E-state index contributed by atoms with van der Waals surface area (Å²) >= 11 is 5.98. The second-order valence-corrected chi connectivity index (χ2v) is 8.37. The van der Waals surface area contributed by atoms with E-state index in [0.717, 1.165) is 5.75 Å². The predicted octanol–water partition coefficient (Wildman–Crippen LogP) is 2.08. The minimum atomic E-state index is -0.150. The average molecular weight is 447 g/mol. The van der Waals surface area contributed by atoms with Crippen molar-refractivity contribution in [2.24, 2.45) is 5.92 Å². The molecule has 2 aliphatic rings. The minimum absolute atomic E-state index is 0.0202. The molecule has 0 bridgehead atoms. The number of halogens is 1. The maximum absolute atomic E-state index is 12.9. The molecule has 0 unspecified atom stereocenters. The smallest absolute Gasteiger partial charge is 0.242 e. The van der Waals surface area contributed by atoms with Crippen molar-refractivity contribution in [1.29, 1.82) is 0 Å². The summed E-state index contributed by atoms with van der Waals surface area (Å²) in [5, 5.41) is 0.645. The number of aromatic nitrogens is 2. The number of benzene rings is 1. The maximum atomic E-state index is 12.9. The SMILES string of the molecule is O=C(C[C@H]1CN(C(=O)Cn2ccnc2)CC[C@@H]1Oc1ccc(Cl)cc1)N1CCOCC1. The number of hydrogen-bond acceptors (Lipinski definition) is 5. The second-order valence-electron chi connectivity index (χ2n) is 7.93. The minimum Gasteiger partial charge on any atom is -0.490 e. The molecule has 0 aliphatic carbocycles. The molecule has 0 N–H and O–H groups in total. The van der Waals surface area contributed by atoms with Crippen molar-refractivity contribution >= 4 is 23.4 Å². The monoisotopic (exact) mass is 446 g/mol. The first-order chi connectivity index (χ1) is 15.1. The van der Waals surface area contributed by atoms with E-state index in [1.54, 1.807) is 35.4 Å². The first-order valence-electron chi connectivity index (χ1n) is 10.6. The molecule has 2 fully saturated rings. The van der Waals surface area contributed by atoms with Crippen LogP contribution in [0.4, 0.5) is 0 Å². The molecule has 2 saturated heterocycles. The summed E-state index contributed by atoms with van der Waals surface area (Å²) in [7, 11) is 0. The molecule has 9 heteroatoms. The lowest BCUT2D eigenvalue weighted by atomic mass is 9.90. The highest BCUT2D eigenvalue weighted by Gasteiger charge is 2.35. The van der Waals surface area contributed by atoms with Crippen LogP contribution < -0.4 is 4.74 Å². The number of amides is 2. The van der Waals surface area contributed by atoms with Gasteiger partial charge in [0, 0.05) is 62.4 Å². The van der Waals surface area contributed by atoms with Crippen molar-refractivity contribution in [3.63, 3.8) is 0 Å². The summed E-state index contributed by atoms with van der Waals surface area (Å²) in [4.78, 5) is 33.4. The summed E-state index contributed by atoms with van der Waals surface area (Å²) in [6.07, 6.45) is 5.92. The molecule has 8 nitrogen and oxygen atoms in total. The summed E-state index contributed by atoms with van der Waals surface area (Å²) in [6.45, 7) is 3.67. The van der Waals surface area contributed by atoms with E-state index in [1.165, 1.54) is 0 Å². The van der Waals surface area contributed by atoms with Gasteiger partial charge in [0.15, 0.2) is 0 Å². The number of rotatable bonds is 6. The number of hydrogen-bond donors (Lipinski definition) is 0. The van der Waals surface area contributed by atoms with Gasteiger partial charge in [0.05, 0.1) is 19.5 Å². The Morgan fingerprint density at radius 3 is 2.58 bits per heavy atom. The zero-order valence-corrected chi connectivity index (χ0v) is 18.1. The Morgan fingerprint density at radius 1 is 1.10 bits per heavy atom. The summed E-state index contributed by atoms with van der Waals surface area (Å²) in [6, 6.07) is 7.24. The molecule has 1 aromatic carbocycles. The van der Waals surface area contributed by atoms with E-state index in [2.05, 4.69) is 4.98 Å². The van der Waals surface area contributed by atoms with Crippen molar-refractivity contribution in [1.82, 2.24) is 19.4 Å². The fourth-order valence-electron chi connectivity index (χ4n) is 4.08. The van der Waals surface area contributed by atoms with Crippen molar-refractivity contribution in [2.75, 3.05) is 39.4 Å². The first-order valence-corrected chi connectivity index (χ1v) is 11.0. The number of ether oxygens (including phenoxy) is 2. The van der Waals surface area contributed by atoms with Gasteiger partial charge >= 0.3 is 0 Å². The van der Waals surface area contributed by atoms with Gasteiger partial charge in [-0.3, -0.25) is 9.59 Å². The fraction of sp³-hybridized carbons (Fsp3) is 0.500. The molecular weight excluding hydrogens is 420 g/mol. The van der Waals surface area contributed by atoms with Gasteiger partial charge in [-0.05, 0) is 24.3 Å². The third-order valence-corrected chi connectivity index (χ3v) is 6.05. The molecule has 2 amide bonds. The molecule has 0 radical (unpaired) electrons. The maximum Gasteiger partial charge on any atom is 0.242 e. The average Bonchev–Trinajstić information content (AvgIpc) is 3.30. The lowest BCUT2D eigenvalue weighted by Gasteiger charge is -2.39. The molecule has 0 saturated carbocycles. The van der Waals surface area contributed by atoms with E-state index in [4.69, 9.17) is 21.1 Å². The molecule has 166 valence electrons. The van der Waals surface area contributed by atoms with Crippen LogP contribution in [0, 0.1) is 5.92 Å². The quantitative estimate of drug-likeness (QED) is 0.679. The van der Waals surface area contributed by atoms with E-state index < -0.39 is 0 Å². The zero-order chi connectivity index (χ0) is 21.6. The Labute approximate surface area is 186 Å². The standard InChI is InChI=1S/C22H27ClN4O4/c23-18-1-3-19(4-2-18)31-20-5-7-27(22(29)15-25-8-6-24-16-25)14-17(20)13-21(28)26-9-11-30-12-10-26/h1-4,6,8,16-17,20H,5,7,9-15H2/t17-,20-/m0/s1. The van der Waals surface area contributed by atoms with E-state index in [-0.39, 0.29) is 30.4 Å². The van der Waals surface area contributed by atoms with Crippen LogP contribution in [-0.4, -0.2) is 76.7 Å². The van der Waals surface area contributed by atoms with E-state index in [9.17, 15) is 9.59 Å². The van der Waals surface area contributed by atoms with Gasteiger partial charge in [0.2, 0.25) is 11.8 Å². The Balaban J connectivity index is 1.44. The van der Waals surface area contributed by atoms with E-state index >= 15 is 0 Å². The second kappa shape index (κ2) is 10.2. The van der Waals surface area contributed by atoms with E-state index in [0.29, 0.717) is 57.3 Å². The molecular formula is C22H27ClN4O4. The van der Waals surface area contributed by atoms with Crippen molar-refractivity contribution < 1.29 is 19.1 Å². The van der Waals surface area contributed by atoms with Crippen molar-refractivity contribution in [3.05, 3.63) is 48.0 Å². The number of nitrogens with zero attached hydrogens (tertiary/aromatic N) is 4. The van der Waals surface area contributed by atoms with Crippen LogP contribution >= 0.6 is 11.6 Å². The summed E-state index contributed by atoms with van der Waals surface area (Å²) in [5.41, 5.74) is 0. The molecule has 31 heavy (non-hydrogen) atoms. The molecule has 2 aromatic rings. The highest BCUT2D eigenvalue weighted by molar-refractivity contribution is 6.30. The van der Waals surface area contributed by atoms with Crippen LogP contribution in [0.5, 0.6) is 5.75 Å². The third-order valence-electron chi connectivity index (χ3n) is 5.80. The highest BCUT2D eigenvalue weighted by atomic mass is 35.5. The van der Waals surface area contributed by atoms with Crippen LogP contribution in [0.2, 0.25) is 5.02 Å². The van der Waals surface area contributed by atoms with E-state index in [1.807, 2.05) is 21.9 Å². The molecule has 3 heterocycles. The number of piperidine rings is 1. The van der Waals surface area contributed by atoms with Crippen LogP contribution in [0.1, 0.15) is 12.8 Å². The van der Waals surface area contributed by atoms with Crippen molar-refractivity contribution in [2.45, 2.75) is 25.5 Å². The first kappa shape index (κ1) is 21.6. The van der Waals surface area contributed by atoms with Gasteiger partial charge in [0.1, 0.15) is 18.4 Å². The number of carbonyl (C=O) groups is 2. The molecule has 2 aliphatic heterocycles. The van der Waals surface area contributed by atoms with Crippen LogP contribution in [-0.2, 0) is 20.9 Å². The van der Waals surface area contributed by atoms with Crippen LogP contribution in [0.15, 0.2) is 43.0 Å². The molecule has 2 atom stereocenters. The molecule has 0 spiro atoms. The molecule has 1 aromatic heterocycles. The van der Waals surface area contributed by atoms with Crippen LogP contribution in [0.25, 0.3) is 0 Å². The van der Waals surface area contributed by atoms with Gasteiger partial charge < -0.3 is 23.8 Å². The topological polar surface area (TPSA) is 76.9 Å². The predicted molar refractivity (Wildman–Crippen MR) is 115 cm³/mol. The van der Waals surface area contributed by atoms with Gasteiger partial charge in [0.25, 0.3) is 0 Å². The third kappa shape index (κ3) is 5.77. The van der Waals surface area contributed by atoms with Gasteiger partial charge in [-0.1, -0.05) is 11.6 Å². The van der Waals surface area contributed by atoms with Gasteiger partial charge in [-0.25, -0.2) is 4.98 Å². The number of likely N-dealkylation sites (tertiary alicyclic amines) is 1. The number of imidazole rings is 1. The van der Waals surface area contributed by atoms with Crippen molar-refractivity contribution in [3.8, 4) is 5.75 Å². The zero-order valence-electron chi connectivity index (χ0n) is 17.4. The normalized spacial score (nSPS) is 21.7. The Bertz CT molecular complexity index is 868. The lowest BCUT2D eigenvalue weighted by Crippen LogP contribution is -2.51. The highest BCUT2D eigenvalue weighted by Crippen LogP contribution is 2.27. The van der Waals surface area contributed by atoms with Crippen LogP contribution in [0.3, 0.4) is 0 Å². The number of morpholine rings is 1. The fourth-order valence-corrected chi connectivity index (χ4v) is 4.20. The Hall–Kier alpha value is -2.58. The summed E-state index contributed by atoms with van der Waals surface area (Å²) < 4.78 is 13.4. The largest absolute Gasteiger partial charge is 0.490 e. The lowest BCUT2D eigenvalue weighted by molar-refractivity contribution is -0.141. The van der Waals surface area contributed by atoms with Gasteiger partial charge in [-0.2, -0.15) is 0 Å². The Kier molecular flexibility index (Phi) is 7.09. The Morgan fingerprint density at radius 2 is 1.87 bits per heavy atom. The number of carbonyl (C=O) groups excluding carboxylic acids is 2. The summed E-state index contributed by atoms with van der Waals surface area (Å²) in [5.74, 6) is 0.733.